The highest BCUT2D eigenvalue weighted by Crippen LogP contribution is 2.08. The van der Waals surface area contributed by atoms with E-state index in [-0.39, 0.29) is 24.1 Å². The smallest absolute Gasteiger partial charge is 0.116 e. The standard InChI is InChI=1S/C9H21ClNO.C7H6O2.ClH/c1-4-11(5-2,6-3)8-9(12)7-10;8-7(9)6-4-2-1-3-5-6;/h9,12H,4-8H2,1-3H3;1-5H,(H,8,9);1H/q+1;;/p-2. The molecule has 1 aromatic rings. The maximum Gasteiger partial charge on any atom is 0.116 e. The number of rotatable bonds is 7. The number of quaternary nitrogens is 1. The van der Waals surface area contributed by atoms with Gasteiger partial charge in [-0.05, 0) is 26.3 Å². The van der Waals surface area contributed by atoms with E-state index in [1.807, 2.05) is 0 Å². The van der Waals surface area contributed by atoms with E-state index in [1.165, 1.54) is 12.1 Å². The average molecular weight is 351 g/mol. The van der Waals surface area contributed by atoms with Crippen molar-refractivity contribution in [2.45, 2.75) is 26.9 Å². The van der Waals surface area contributed by atoms with Gasteiger partial charge in [0, 0.05) is 0 Å². The van der Waals surface area contributed by atoms with E-state index in [9.17, 15) is 15.0 Å². The molecule has 0 aliphatic carbocycles. The van der Waals surface area contributed by atoms with Gasteiger partial charge in [-0.3, -0.25) is 0 Å². The van der Waals surface area contributed by atoms with E-state index >= 15 is 0 Å². The lowest BCUT2D eigenvalue weighted by Crippen LogP contribution is -3.00. The van der Waals surface area contributed by atoms with Gasteiger partial charge in [0.15, 0.2) is 0 Å². The molecule has 6 heteroatoms. The van der Waals surface area contributed by atoms with Gasteiger partial charge in [0.1, 0.15) is 12.6 Å². The van der Waals surface area contributed by atoms with Crippen molar-refractivity contribution in [3.63, 3.8) is 0 Å². The first-order valence-electron chi connectivity index (χ1n) is 7.30. The fourth-order valence-corrected chi connectivity index (χ4v) is 2.23. The van der Waals surface area contributed by atoms with E-state index in [0.29, 0.717) is 5.88 Å². The predicted molar refractivity (Wildman–Crippen MR) is 84.2 cm³/mol. The number of nitrogens with zero attached hydrogens (tertiary/aromatic N) is 1. The minimum Gasteiger partial charge on any atom is -1.00 e. The molecule has 0 heterocycles. The van der Waals surface area contributed by atoms with Gasteiger partial charge >= 0.3 is 0 Å². The van der Waals surface area contributed by atoms with Crippen molar-refractivity contribution in [1.29, 1.82) is 0 Å². The lowest BCUT2D eigenvalue weighted by molar-refractivity contribution is -0.925. The molecule has 1 aromatic carbocycles. The molecule has 0 fully saturated rings. The molecule has 0 amide bonds. The Bertz CT molecular complexity index is 389. The molecule has 0 aliphatic rings. The van der Waals surface area contributed by atoms with Crippen LogP contribution in [-0.2, 0) is 0 Å². The second-order valence-corrected chi connectivity index (χ2v) is 5.24. The summed E-state index contributed by atoms with van der Waals surface area (Å²) in [4.78, 5) is 10.1. The number of aliphatic hydroxyl groups is 1. The Hall–Kier alpha value is -0.810. The fourth-order valence-electron chi connectivity index (χ4n) is 2.13. The number of likely N-dealkylation sites (N-methyl/N-ethyl adjacent to an activating group) is 1. The first-order chi connectivity index (χ1) is 9.94. The van der Waals surface area contributed by atoms with Gasteiger partial charge in [-0.1, -0.05) is 30.3 Å². The molecule has 0 spiro atoms. The Labute approximate surface area is 144 Å². The van der Waals surface area contributed by atoms with Gasteiger partial charge in [0.2, 0.25) is 0 Å². The van der Waals surface area contributed by atoms with E-state index < -0.39 is 5.97 Å². The fraction of sp³-hybridized carbons (Fsp3) is 0.562. The molecule has 128 valence electrons. The van der Waals surface area contributed by atoms with Crippen molar-refractivity contribution < 1.29 is 31.9 Å². The quantitative estimate of drug-likeness (QED) is 0.481. The molecule has 1 unspecified atom stereocenters. The maximum atomic E-state index is 10.1. The molecule has 1 N–H and O–H groups in total. The second-order valence-electron chi connectivity index (χ2n) is 4.93. The third kappa shape index (κ3) is 8.59. The third-order valence-electron chi connectivity index (χ3n) is 3.80. The first kappa shape index (κ1) is 23.5. The zero-order valence-corrected chi connectivity index (χ0v) is 15.0. The molecule has 0 saturated carbocycles. The van der Waals surface area contributed by atoms with Crippen molar-refractivity contribution in [3.8, 4) is 0 Å². The van der Waals surface area contributed by atoms with Gasteiger partial charge < -0.3 is 31.9 Å². The summed E-state index contributed by atoms with van der Waals surface area (Å²) in [5.41, 5.74) is 0.220. The Morgan fingerprint density at radius 1 is 1.18 bits per heavy atom. The van der Waals surface area contributed by atoms with E-state index in [1.54, 1.807) is 18.2 Å². The van der Waals surface area contributed by atoms with Crippen LogP contribution in [0, 0.1) is 0 Å². The van der Waals surface area contributed by atoms with Crippen LogP contribution in [0.25, 0.3) is 0 Å². The van der Waals surface area contributed by atoms with Gasteiger partial charge in [0.25, 0.3) is 0 Å². The summed E-state index contributed by atoms with van der Waals surface area (Å²) < 4.78 is 0.966. The van der Waals surface area contributed by atoms with Gasteiger partial charge in [-0.15, -0.1) is 11.6 Å². The van der Waals surface area contributed by atoms with Crippen LogP contribution in [0.3, 0.4) is 0 Å². The van der Waals surface area contributed by atoms with Crippen LogP contribution < -0.4 is 17.5 Å². The number of benzene rings is 1. The molecule has 1 atom stereocenters. The lowest BCUT2D eigenvalue weighted by atomic mass is 10.2. The molecule has 0 aliphatic heterocycles. The number of hydrogen-bond acceptors (Lipinski definition) is 3. The molecule has 0 bridgehead atoms. The minimum absolute atomic E-state index is 0. The third-order valence-corrected chi connectivity index (χ3v) is 4.15. The van der Waals surface area contributed by atoms with E-state index in [2.05, 4.69) is 20.8 Å². The minimum atomic E-state index is -1.13. The molecule has 4 nitrogen and oxygen atoms in total. The van der Waals surface area contributed by atoms with Crippen LogP contribution in [0.5, 0.6) is 0 Å². The number of halogens is 2. The van der Waals surface area contributed by atoms with Crippen molar-refractivity contribution in [2.24, 2.45) is 0 Å². The number of carbonyl (C=O) groups is 1. The van der Waals surface area contributed by atoms with Gasteiger partial charge in [-0.2, -0.15) is 0 Å². The Morgan fingerprint density at radius 3 is 1.91 bits per heavy atom. The monoisotopic (exact) mass is 350 g/mol. The van der Waals surface area contributed by atoms with Gasteiger partial charge in [-0.25, -0.2) is 0 Å². The van der Waals surface area contributed by atoms with E-state index in [0.717, 1.165) is 30.7 Å². The first-order valence-corrected chi connectivity index (χ1v) is 7.83. The summed E-state index contributed by atoms with van der Waals surface area (Å²) in [7, 11) is 0. The zero-order valence-electron chi connectivity index (χ0n) is 13.5. The van der Waals surface area contributed by atoms with Crippen LogP contribution in [0.15, 0.2) is 30.3 Å². The topological polar surface area (TPSA) is 60.4 Å². The maximum absolute atomic E-state index is 10.1. The summed E-state index contributed by atoms with van der Waals surface area (Å²) in [6, 6.07) is 8.06. The number of carboxylic acids is 1. The van der Waals surface area contributed by atoms with Crippen molar-refractivity contribution in [2.75, 3.05) is 32.1 Å². The Morgan fingerprint density at radius 2 is 1.64 bits per heavy atom. The van der Waals surface area contributed by atoms with Crippen molar-refractivity contribution in [3.05, 3.63) is 35.9 Å². The molecule has 0 radical (unpaired) electrons. The number of aromatic carboxylic acids is 1. The van der Waals surface area contributed by atoms with Crippen molar-refractivity contribution in [1.82, 2.24) is 0 Å². The summed E-state index contributed by atoms with van der Waals surface area (Å²) in [5, 5.41) is 19.5. The number of carbonyl (C=O) groups excluding carboxylic acids is 1. The average Bonchev–Trinajstić information content (AvgIpc) is 2.54. The molecular formula is C16H26Cl2NO3-. The number of aliphatic hydroxyl groups excluding tert-OH is 1. The summed E-state index contributed by atoms with van der Waals surface area (Å²) in [5.74, 6) is -0.782. The number of hydrogen-bond donors (Lipinski definition) is 1. The van der Waals surface area contributed by atoms with Gasteiger partial charge in [0.05, 0.1) is 31.5 Å². The highest BCUT2D eigenvalue weighted by molar-refractivity contribution is 6.18. The Balaban J connectivity index is 0. The predicted octanol–water partition coefficient (Wildman–Crippen LogP) is -1.48. The molecule has 0 saturated heterocycles. The summed E-state index contributed by atoms with van der Waals surface area (Å²) in [6.45, 7) is 10.5. The SMILES string of the molecule is CC[N+](CC)(CC)CC(O)CCl.O=C([O-])c1ccccc1.[Cl-]. The molecule has 0 aromatic heterocycles. The van der Waals surface area contributed by atoms with E-state index in [4.69, 9.17) is 11.6 Å². The number of carboxylic acid groups (broad SMARTS) is 1. The number of alkyl halides is 1. The summed E-state index contributed by atoms with van der Waals surface area (Å²) >= 11 is 5.57. The largest absolute Gasteiger partial charge is 1.00 e. The van der Waals surface area contributed by atoms with Crippen LogP contribution in [0.1, 0.15) is 31.1 Å². The van der Waals surface area contributed by atoms with Crippen molar-refractivity contribution >= 4 is 17.6 Å². The molecule has 22 heavy (non-hydrogen) atoms. The molecule has 1 rings (SSSR count). The summed E-state index contributed by atoms with van der Waals surface area (Å²) in [6.07, 6.45) is -0.355. The lowest BCUT2D eigenvalue weighted by Gasteiger charge is -2.37. The van der Waals surface area contributed by atoms with Crippen LogP contribution in [0.2, 0.25) is 0 Å². The highest BCUT2D eigenvalue weighted by Gasteiger charge is 2.24. The normalized spacial score (nSPS) is 11.7. The van der Waals surface area contributed by atoms with Crippen LogP contribution in [-0.4, -0.2) is 53.7 Å². The Kier molecular flexibility index (Phi) is 13.5. The van der Waals surface area contributed by atoms with Crippen LogP contribution >= 0.6 is 11.6 Å². The van der Waals surface area contributed by atoms with Crippen LogP contribution in [0.4, 0.5) is 0 Å². The zero-order chi connectivity index (χ0) is 16.3. The molecular weight excluding hydrogens is 325 g/mol. The highest BCUT2D eigenvalue weighted by atomic mass is 35.5. The second kappa shape index (κ2) is 12.7.